The van der Waals surface area contributed by atoms with Gasteiger partial charge in [-0.15, -0.1) is 11.6 Å². The molecule has 0 aliphatic heterocycles. The van der Waals surface area contributed by atoms with Gasteiger partial charge in [-0.25, -0.2) is 8.78 Å². The molecule has 0 spiro atoms. The summed E-state index contributed by atoms with van der Waals surface area (Å²) in [5.74, 6) is -0.446. The van der Waals surface area contributed by atoms with E-state index in [0.29, 0.717) is 5.56 Å². The SMILES string of the molecule is COC(=O)Cc1c(C(F)F)ncc(CCl)c1OC. The molecule has 1 aromatic heterocycles. The van der Waals surface area contributed by atoms with E-state index in [1.165, 1.54) is 20.4 Å². The Morgan fingerprint density at radius 3 is 2.61 bits per heavy atom. The fourth-order valence-corrected chi connectivity index (χ4v) is 1.71. The van der Waals surface area contributed by atoms with Crippen LogP contribution in [0.15, 0.2) is 6.20 Å². The summed E-state index contributed by atoms with van der Waals surface area (Å²) in [7, 11) is 2.50. The Hall–Kier alpha value is -1.43. The number of esters is 1. The Morgan fingerprint density at radius 2 is 2.17 bits per heavy atom. The summed E-state index contributed by atoms with van der Waals surface area (Å²) >= 11 is 5.66. The molecule has 0 radical (unpaired) electrons. The number of alkyl halides is 3. The lowest BCUT2D eigenvalue weighted by molar-refractivity contribution is -0.139. The van der Waals surface area contributed by atoms with Crippen LogP contribution in [0.5, 0.6) is 5.75 Å². The van der Waals surface area contributed by atoms with Crippen LogP contribution in [0.4, 0.5) is 8.78 Å². The smallest absolute Gasteiger partial charge is 0.310 e. The van der Waals surface area contributed by atoms with Crippen molar-refractivity contribution in [1.82, 2.24) is 4.98 Å². The van der Waals surface area contributed by atoms with E-state index < -0.39 is 18.1 Å². The Morgan fingerprint density at radius 1 is 1.50 bits per heavy atom. The summed E-state index contributed by atoms with van der Waals surface area (Å²) in [4.78, 5) is 14.9. The summed E-state index contributed by atoms with van der Waals surface area (Å²) in [5, 5.41) is 0. The Labute approximate surface area is 108 Å². The van der Waals surface area contributed by atoms with Crippen LogP contribution in [0.25, 0.3) is 0 Å². The third-order valence-corrected chi connectivity index (χ3v) is 2.63. The maximum absolute atomic E-state index is 12.8. The van der Waals surface area contributed by atoms with Crippen molar-refractivity contribution >= 4 is 17.6 Å². The summed E-state index contributed by atoms with van der Waals surface area (Å²) in [6.07, 6.45) is -1.92. The number of pyridine rings is 1. The largest absolute Gasteiger partial charge is 0.496 e. The monoisotopic (exact) mass is 279 g/mol. The van der Waals surface area contributed by atoms with Gasteiger partial charge >= 0.3 is 5.97 Å². The molecule has 0 aromatic carbocycles. The summed E-state index contributed by atoms with van der Waals surface area (Å²) in [5.41, 5.74) is -0.0360. The molecule has 0 N–H and O–H groups in total. The Kier molecular flexibility index (Phi) is 5.27. The lowest BCUT2D eigenvalue weighted by Gasteiger charge is -2.14. The van der Waals surface area contributed by atoms with Crippen LogP contribution >= 0.6 is 11.6 Å². The van der Waals surface area contributed by atoms with E-state index >= 15 is 0 Å². The van der Waals surface area contributed by atoms with Gasteiger partial charge in [-0.2, -0.15) is 0 Å². The fourth-order valence-electron chi connectivity index (χ4n) is 1.52. The van der Waals surface area contributed by atoms with Crippen LogP contribution in [-0.4, -0.2) is 25.2 Å². The van der Waals surface area contributed by atoms with E-state index in [2.05, 4.69) is 9.72 Å². The van der Waals surface area contributed by atoms with Crippen molar-refractivity contribution in [2.24, 2.45) is 0 Å². The number of methoxy groups -OCH3 is 2. The minimum atomic E-state index is -2.80. The minimum Gasteiger partial charge on any atom is -0.496 e. The first kappa shape index (κ1) is 14.6. The van der Waals surface area contributed by atoms with E-state index in [1.807, 2.05) is 0 Å². The Balaban J connectivity index is 3.33. The van der Waals surface area contributed by atoms with Crippen molar-refractivity contribution in [2.45, 2.75) is 18.7 Å². The molecular formula is C11H12ClF2NO3. The van der Waals surface area contributed by atoms with Gasteiger partial charge in [0.15, 0.2) is 0 Å². The minimum absolute atomic E-state index is 0.0116. The van der Waals surface area contributed by atoms with Crippen LogP contribution in [0.3, 0.4) is 0 Å². The summed E-state index contributed by atoms with van der Waals surface area (Å²) < 4.78 is 35.2. The summed E-state index contributed by atoms with van der Waals surface area (Å²) in [6, 6.07) is 0. The molecule has 1 rings (SSSR count). The highest BCUT2D eigenvalue weighted by atomic mass is 35.5. The molecule has 0 aliphatic rings. The second-order valence-electron chi connectivity index (χ2n) is 3.37. The maximum atomic E-state index is 12.8. The highest BCUT2D eigenvalue weighted by molar-refractivity contribution is 6.17. The van der Waals surface area contributed by atoms with Crippen molar-refractivity contribution in [3.05, 3.63) is 23.0 Å². The van der Waals surface area contributed by atoms with Crippen LogP contribution in [0, 0.1) is 0 Å². The van der Waals surface area contributed by atoms with Crippen LogP contribution < -0.4 is 4.74 Å². The second-order valence-corrected chi connectivity index (χ2v) is 3.63. The predicted octanol–water partition coefficient (Wildman–Crippen LogP) is 2.48. The number of halogens is 3. The zero-order valence-electron chi connectivity index (χ0n) is 9.87. The molecule has 1 heterocycles. The highest BCUT2D eigenvalue weighted by Gasteiger charge is 2.23. The number of ether oxygens (including phenoxy) is 2. The Bertz CT molecular complexity index is 441. The van der Waals surface area contributed by atoms with Crippen molar-refractivity contribution in [3.63, 3.8) is 0 Å². The van der Waals surface area contributed by atoms with Crippen LogP contribution in [-0.2, 0) is 21.8 Å². The molecule has 18 heavy (non-hydrogen) atoms. The normalized spacial score (nSPS) is 10.6. The molecule has 0 aliphatic carbocycles. The van der Waals surface area contributed by atoms with Gasteiger partial charge in [-0.3, -0.25) is 9.78 Å². The molecule has 0 atom stereocenters. The molecule has 0 bridgehead atoms. The molecule has 1 aromatic rings. The molecule has 100 valence electrons. The van der Waals surface area contributed by atoms with Crippen LogP contribution in [0.2, 0.25) is 0 Å². The van der Waals surface area contributed by atoms with Gasteiger partial charge in [0, 0.05) is 17.3 Å². The average molecular weight is 280 g/mol. The van der Waals surface area contributed by atoms with Gasteiger partial charge in [-0.1, -0.05) is 0 Å². The molecule has 0 unspecified atom stereocenters. The van der Waals surface area contributed by atoms with Crippen molar-refractivity contribution < 1.29 is 23.0 Å². The molecular weight excluding hydrogens is 268 g/mol. The quantitative estimate of drug-likeness (QED) is 0.614. The zero-order chi connectivity index (χ0) is 13.7. The molecule has 0 saturated heterocycles. The van der Waals surface area contributed by atoms with E-state index in [9.17, 15) is 13.6 Å². The van der Waals surface area contributed by atoms with Crippen molar-refractivity contribution in [3.8, 4) is 5.75 Å². The number of hydrogen-bond donors (Lipinski definition) is 0. The van der Waals surface area contributed by atoms with Crippen LogP contribution in [0.1, 0.15) is 23.2 Å². The molecule has 0 amide bonds. The van der Waals surface area contributed by atoms with Crippen molar-refractivity contribution in [1.29, 1.82) is 0 Å². The first-order valence-electron chi connectivity index (χ1n) is 5.00. The zero-order valence-corrected chi connectivity index (χ0v) is 10.6. The van der Waals surface area contributed by atoms with Gasteiger partial charge in [-0.05, 0) is 0 Å². The molecule has 0 fully saturated rings. The third-order valence-electron chi connectivity index (χ3n) is 2.34. The average Bonchev–Trinajstić information content (AvgIpc) is 2.37. The number of carbonyl (C=O) groups excluding carboxylic acids is 1. The van der Waals surface area contributed by atoms with Gasteiger partial charge < -0.3 is 9.47 Å². The highest BCUT2D eigenvalue weighted by Crippen LogP contribution is 2.32. The van der Waals surface area contributed by atoms with E-state index in [-0.39, 0.29) is 23.6 Å². The third kappa shape index (κ3) is 3.07. The maximum Gasteiger partial charge on any atom is 0.310 e. The van der Waals surface area contributed by atoms with E-state index in [4.69, 9.17) is 16.3 Å². The number of hydrogen-bond acceptors (Lipinski definition) is 4. The predicted molar refractivity (Wildman–Crippen MR) is 61.0 cm³/mol. The number of aromatic nitrogens is 1. The van der Waals surface area contributed by atoms with Gasteiger partial charge in [0.1, 0.15) is 11.4 Å². The second kappa shape index (κ2) is 6.49. The van der Waals surface area contributed by atoms with Gasteiger partial charge in [0.25, 0.3) is 6.43 Å². The number of rotatable bonds is 5. The fraction of sp³-hybridized carbons (Fsp3) is 0.455. The van der Waals surface area contributed by atoms with Gasteiger partial charge in [0.05, 0.1) is 26.5 Å². The first-order valence-corrected chi connectivity index (χ1v) is 5.54. The van der Waals surface area contributed by atoms with Gasteiger partial charge in [0.2, 0.25) is 0 Å². The topological polar surface area (TPSA) is 48.4 Å². The lowest BCUT2D eigenvalue weighted by atomic mass is 10.1. The van der Waals surface area contributed by atoms with E-state index in [1.54, 1.807) is 0 Å². The molecule has 0 saturated carbocycles. The first-order chi connectivity index (χ1) is 8.54. The molecule has 4 nitrogen and oxygen atoms in total. The van der Waals surface area contributed by atoms with Crippen molar-refractivity contribution in [2.75, 3.05) is 14.2 Å². The standard InChI is InChI=1S/C11H12ClF2NO3/c1-17-8(16)3-7-9(11(13)14)15-5-6(4-12)10(7)18-2/h5,11H,3-4H2,1-2H3. The molecule has 7 heteroatoms. The number of carbonyl (C=O) groups is 1. The van der Waals surface area contributed by atoms with E-state index in [0.717, 1.165) is 0 Å². The number of nitrogens with zero attached hydrogens (tertiary/aromatic N) is 1. The lowest BCUT2D eigenvalue weighted by Crippen LogP contribution is -2.11. The summed E-state index contributed by atoms with van der Waals surface area (Å²) in [6.45, 7) is 0.